The lowest BCUT2D eigenvalue weighted by molar-refractivity contribution is 0.215. The summed E-state index contributed by atoms with van der Waals surface area (Å²) < 4.78 is 0. The molecule has 0 unspecified atom stereocenters. The van der Waals surface area contributed by atoms with Crippen molar-refractivity contribution in [3.05, 3.63) is 42.0 Å². The van der Waals surface area contributed by atoms with Crippen molar-refractivity contribution in [3.8, 4) is 0 Å². The van der Waals surface area contributed by atoms with Gasteiger partial charge in [0, 0.05) is 0 Å². The molecule has 0 radical (unpaired) electrons. The Bertz CT molecular complexity index is 306. The van der Waals surface area contributed by atoms with Crippen molar-refractivity contribution in [3.63, 3.8) is 0 Å². The Morgan fingerprint density at radius 2 is 2.08 bits per heavy atom. The van der Waals surface area contributed by atoms with E-state index in [9.17, 15) is 0 Å². The molecule has 0 N–H and O–H groups in total. The molecule has 0 aliphatic carbocycles. The number of rotatable bonds is 3. The molecular weight excluding hydrogens is 186 g/mol. The Labute approximate surface area is 82.5 Å². The fourth-order valence-electron chi connectivity index (χ4n) is 0.847. The van der Waals surface area contributed by atoms with Crippen molar-refractivity contribution in [1.29, 1.82) is 0 Å². The molecule has 0 heterocycles. The number of hydrogen-bond donors (Lipinski definition) is 0. The SMILES string of the molecule is CO/N=C(Cl)\C=C\c1ccccc1. The Morgan fingerprint density at radius 1 is 1.38 bits per heavy atom. The Kier molecular flexibility index (Phi) is 4.06. The van der Waals surface area contributed by atoms with Gasteiger partial charge in [-0.25, -0.2) is 0 Å². The summed E-state index contributed by atoms with van der Waals surface area (Å²) in [5.41, 5.74) is 1.08. The predicted octanol–water partition coefficient (Wildman–Crippen LogP) is 2.90. The first-order valence-electron chi connectivity index (χ1n) is 3.82. The number of hydrogen-bond acceptors (Lipinski definition) is 2. The first kappa shape index (κ1) is 9.81. The minimum Gasteiger partial charge on any atom is -0.398 e. The average molecular weight is 196 g/mol. The average Bonchev–Trinajstić information content (AvgIpc) is 2.17. The van der Waals surface area contributed by atoms with E-state index in [4.69, 9.17) is 11.6 Å². The van der Waals surface area contributed by atoms with Crippen LogP contribution in [0.15, 0.2) is 41.6 Å². The minimum atomic E-state index is 0.325. The molecule has 0 spiro atoms. The second-order valence-electron chi connectivity index (χ2n) is 2.34. The summed E-state index contributed by atoms with van der Waals surface area (Å²) in [6.07, 6.45) is 3.55. The second-order valence-corrected chi connectivity index (χ2v) is 2.73. The molecule has 1 aromatic rings. The predicted molar refractivity (Wildman–Crippen MR) is 55.8 cm³/mol. The monoisotopic (exact) mass is 195 g/mol. The third-order valence-electron chi connectivity index (χ3n) is 1.39. The van der Waals surface area contributed by atoms with Crippen LogP contribution in [0.1, 0.15) is 5.56 Å². The molecule has 68 valence electrons. The van der Waals surface area contributed by atoms with Crippen molar-refractivity contribution in [2.45, 2.75) is 0 Å². The van der Waals surface area contributed by atoms with Crippen LogP contribution < -0.4 is 0 Å². The van der Waals surface area contributed by atoms with Crippen LogP contribution in [0, 0.1) is 0 Å². The molecule has 0 amide bonds. The van der Waals surface area contributed by atoms with Gasteiger partial charge in [0.2, 0.25) is 0 Å². The van der Waals surface area contributed by atoms with E-state index in [1.165, 1.54) is 7.11 Å². The molecule has 0 aliphatic rings. The van der Waals surface area contributed by atoms with Gasteiger partial charge in [-0.2, -0.15) is 0 Å². The van der Waals surface area contributed by atoms with Crippen LogP contribution in [-0.4, -0.2) is 12.3 Å². The van der Waals surface area contributed by atoms with Gasteiger partial charge in [0.05, 0.1) is 0 Å². The summed E-state index contributed by atoms with van der Waals surface area (Å²) >= 11 is 5.67. The molecule has 13 heavy (non-hydrogen) atoms. The molecule has 1 aromatic carbocycles. The maximum Gasteiger partial charge on any atom is 0.168 e. The summed E-state index contributed by atoms with van der Waals surface area (Å²) in [6, 6.07) is 9.84. The standard InChI is InChI=1S/C10H10ClNO/c1-13-12-10(11)8-7-9-5-3-2-4-6-9/h2-8H,1H3/b8-7+,12-10+. The van der Waals surface area contributed by atoms with Gasteiger partial charge < -0.3 is 4.84 Å². The lowest BCUT2D eigenvalue weighted by Crippen LogP contribution is -1.80. The first-order chi connectivity index (χ1) is 6.33. The Balaban J connectivity index is 2.64. The number of allylic oxidation sites excluding steroid dienone is 1. The topological polar surface area (TPSA) is 21.6 Å². The van der Waals surface area contributed by atoms with Crippen LogP contribution in [0.3, 0.4) is 0 Å². The highest BCUT2D eigenvalue weighted by atomic mass is 35.5. The lowest BCUT2D eigenvalue weighted by atomic mass is 10.2. The molecule has 0 saturated heterocycles. The number of benzene rings is 1. The van der Waals surface area contributed by atoms with Crippen molar-refractivity contribution in [1.82, 2.24) is 0 Å². The highest BCUT2D eigenvalue weighted by Gasteiger charge is 1.87. The molecule has 0 bridgehead atoms. The summed E-state index contributed by atoms with van der Waals surface area (Å²) in [5.74, 6) is 0. The molecular formula is C10H10ClNO. The van der Waals surface area contributed by atoms with E-state index < -0.39 is 0 Å². The van der Waals surface area contributed by atoms with Crippen molar-refractivity contribution < 1.29 is 4.84 Å². The third kappa shape index (κ3) is 3.76. The molecule has 0 atom stereocenters. The van der Waals surface area contributed by atoms with E-state index in [1.807, 2.05) is 36.4 Å². The largest absolute Gasteiger partial charge is 0.398 e. The van der Waals surface area contributed by atoms with Crippen LogP contribution in [0.2, 0.25) is 0 Å². The number of halogens is 1. The van der Waals surface area contributed by atoms with Gasteiger partial charge >= 0.3 is 0 Å². The van der Waals surface area contributed by atoms with Crippen LogP contribution in [0.5, 0.6) is 0 Å². The molecule has 0 saturated carbocycles. The Morgan fingerprint density at radius 3 is 2.69 bits per heavy atom. The van der Waals surface area contributed by atoms with Crippen LogP contribution in [-0.2, 0) is 4.84 Å². The normalized spacial score (nSPS) is 12.0. The molecule has 2 nitrogen and oxygen atoms in total. The quantitative estimate of drug-likeness (QED) is 0.537. The maximum absolute atomic E-state index is 5.67. The fraction of sp³-hybridized carbons (Fsp3) is 0.100. The Hall–Kier alpha value is -1.28. The van der Waals surface area contributed by atoms with Crippen LogP contribution in [0.4, 0.5) is 0 Å². The van der Waals surface area contributed by atoms with Crippen molar-refractivity contribution in [2.24, 2.45) is 5.16 Å². The van der Waals surface area contributed by atoms with E-state index in [0.29, 0.717) is 5.17 Å². The third-order valence-corrected chi connectivity index (χ3v) is 1.59. The van der Waals surface area contributed by atoms with Gasteiger partial charge in [0.15, 0.2) is 5.17 Å². The molecule has 1 rings (SSSR count). The summed E-state index contributed by atoms with van der Waals surface area (Å²) in [4.78, 5) is 4.50. The van der Waals surface area contributed by atoms with Gasteiger partial charge in [-0.15, -0.1) is 0 Å². The molecule has 3 heteroatoms. The smallest absolute Gasteiger partial charge is 0.168 e. The number of oxime groups is 1. The molecule has 0 aromatic heterocycles. The van der Waals surface area contributed by atoms with Crippen molar-refractivity contribution >= 4 is 22.8 Å². The van der Waals surface area contributed by atoms with Gasteiger partial charge in [-0.1, -0.05) is 53.2 Å². The van der Waals surface area contributed by atoms with Gasteiger partial charge in [-0.3, -0.25) is 0 Å². The van der Waals surface area contributed by atoms with Gasteiger partial charge in [-0.05, 0) is 11.6 Å². The highest BCUT2D eigenvalue weighted by molar-refractivity contribution is 6.68. The highest BCUT2D eigenvalue weighted by Crippen LogP contribution is 2.02. The zero-order valence-corrected chi connectivity index (χ0v) is 8.03. The van der Waals surface area contributed by atoms with E-state index in [0.717, 1.165) is 5.56 Å². The molecule has 0 fully saturated rings. The zero-order chi connectivity index (χ0) is 9.52. The minimum absolute atomic E-state index is 0.325. The fourth-order valence-corrected chi connectivity index (χ4v) is 0.979. The first-order valence-corrected chi connectivity index (χ1v) is 4.20. The second kappa shape index (κ2) is 5.38. The van der Waals surface area contributed by atoms with E-state index >= 15 is 0 Å². The van der Waals surface area contributed by atoms with Gasteiger partial charge in [0.1, 0.15) is 7.11 Å². The summed E-state index contributed by atoms with van der Waals surface area (Å²) in [7, 11) is 1.46. The maximum atomic E-state index is 5.67. The summed E-state index contributed by atoms with van der Waals surface area (Å²) in [5, 5.41) is 3.86. The van der Waals surface area contributed by atoms with E-state index in [-0.39, 0.29) is 0 Å². The summed E-state index contributed by atoms with van der Waals surface area (Å²) in [6.45, 7) is 0. The lowest BCUT2D eigenvalue weighted by Gasteiger charge is -1.90. The van der Waals surface area contributed by atoms with Crippen LogP contribution >= 0.6 is 11.6 Å². The molecule has 0 aliphatic heterocycles. The van der Waals surface area contributed by atoms with Crippen molar-refractivity contribution in [2.75, 3.05) is 7.11 Å². The number of nitrogens with zero attached hydrogens (tertiary/aromatic N) is 1. The van der Waals surface area contributed by atoms with Gasteiger partial charge in [0.25, 0.3) is 0 Å². The van der Waals surface area contributed by atoms with E-state index in [2.05, 4.69) is 9.99 Å². The van der Waals surface area contributed by atoms with E-state index in [1.54, 1.807) is 6.08 Å². The van der Waals surface area contributed by atoms with Crippen LogP contribution in [0.25, 0.3) is 6.08 Å². The zero-order valence-electron chi connectivity index (χ0n) is 7.27.